The van der Waals surface area contributed by atoms with Gasteiger partial charge in [0.1, 0.15) is 12.7 Å². The van der Waals surface area contributed by atoms with Crippen molar-refractivity contribution < 1.29 is 66.7 Å². The van der Waals surface area contributed by atoms with Crippen LogP contribution in [0.3, 0.4) is 0 Å². The van der Waals surface area contributed by atoms with Gasteiger partial charge in [0.15, 0.2) is 6.10 Å². The zero-order valence-corrected chi connectivity index (χ0v) is 38.8. The predicted octanol–water partition coefficient (Wildman–Crippen LogP) is 10.3. The van der Waals surface area contributed by atoms with Crippen LogP contribution in [0.4, 0.5) is 0 Å². The summed E-state index contributed by atoms with van der Waals surface area (Å²) in [6.45, 7) is 1.38. The number of phosphoric acid groups is 2. The first kappa shape index (κ1) is 59.0. The lowest BCUT2D eigenvalue weighted by Crippen LogP contribution is -2.29. The number of hydrogen-bond donors (Lipinski definition) is 5. The average Bonchev–Trinajstić information content (AvgIpc) is 3.23. The van der Waals surface area contributed by atoms with Crippen LogP contribution >= 0.6 is 15.6 Å². The highest BCUT2D eigenvalue weighted by atomic mass is 31.2. The van der Waals surface area contributed by atoms with Gasteiger partial charge in [-0.15, -0.1) is 0 Å². The topological polar surface area (TPSA) is 216 Å². The lowest BCUT2D eigenvalue weighted by atomic mass is 10.1. The minimum Gasteiger partial charge on any atom is -0.462 e. The molecule has 0 aliphatic rings. The van der Waals surface area contributed by atoms with Gasteiger partial charge in [-0.25, -0.2) is 9.13 Å². The van der Waals surface area contributed by atoms with Crippen molar-refractivity contribution in [2.24, 2.45) is 0 Å². The first-order valence-electron chi connectivity index (χ1n) is 22.0. The molecule has 0 rings (SSSR count). The molecule has 62 heavy (non-hydrogen) atoms. The number of carbonyl (C=O) groups is 2. The molecule has 5 N–H and O–H groups in total. The van der Waals surface area contributed by atoms with E-state index in [-0.39, 0.29) is 19.3 Å². The summed E-state index contributed by atoms with van der Waals surface area (Å²) in [5, 5.41) is 20.0. The standard InChI is InChI=1S/C46H76O14P2/c1-3-5-7-9-11-13-15-17-18-20-22-24-26-28-32-36-45(49)56-40-44(41-59-62(54,55)58-39-43(48)38-57-61(51,52)53)60-46(50)37-33-29-31-35-42(47)34-30-27-25-23-21-19-16-14-12-10-8-6-4-2/h6,8,11-14,17-19,21,25,27,29-31,34,42-44,47-48H,3-5,7,9-10,15-16,20,22-24,26,28,32-33,35-41H2,1-2H3,(H,54,55)(H2,51,52,53)/b8-6-,13-11-,14-12-,18-17-,21-19-,27-25-,31-29-,34-30-/t42?,43-,44+/m0/s1. The molecule has 2 unspecified atom stereocenters. The van der Waals surface area contributed by atoms with Gasteiger partial charge in [0.25, 0.3) is 0 Å². The molecule has 0 aromatic rings. The molecule has 0 saturated heterocycles. The van der Waals surface area contributed by atoms with E-state index in [0.717, 1.165) is 70.6 Å². The second-order valence-electron chi connectivity index (χ2n) is 14.4. The Balaban J connectivity index is 4.77. The monoisotopic (exact) mass is 914 g/mol. The Bertz CT molecular complexity index is 1480. The molecule has 0 bridgehead atoms. The average molecular weight is 915 g/mol. The third-order valence-corrected chi connectivity index (χ3v) is 9.98. The third kappa shape index (κ3) is 43.6. The van der Waals surface area contributed by atoms with Crippen molar-refractivity contribution in [3.8, 4) is 0 Å². The van der Waals surface area contributed by atoms with Crippen LogP contribution in [0.2, 0.25) is 0 Å². The SMILES string of the molecule is CC/C=C\C/C=C\C/C=C\C/C=C\C=C/C(O)C/C=C\CCC(=O)O[C@H](COC(=O)CCCCCCC/C=C\C/C=C\CCCCC)COP(=O)(O)OC[C@@H](O)COP(=O)(O)O. The van der Waals surface area contributed by atoms with Gasteiger partial charge < -0.3 is 34.4 Å². The maximum Gasteiger partial charge on any atom is 0.472 e. The first-order chi connectivity index (χ1) is 29.8. The Morgan fingerprint density at radius 1 is 0.548 bits per heavy atom. The van der Waals surface area contributed by atoms with Gasteiger partial charge in [-0.1, -0.05) is 143 Å². The van der Waals surface area contributed by atoms with Gasteiger partial charge in [-0.05, 0) is 77.0 Å². The normalized spacial score (nSPS) is 15.4. The van der Waals surface area contributed by atoms with E-state index in [2.05, 4.69) is 83.7 Å². The summed E-state index contributed by atoms with van der Waals surface area (Å²) in [5.74, 6) is -1.24. The van der Waals surface area contributed by atoms with Crippen molar-refractivity contribution in [1.29, 1.82) is 0 Å². The molecular weight excluding hydrogens is 838 g/mol. The van der Waals surface area contributed by atoms with Crippen molar-refractivity contribution in [1.82, 2.24) is 0 Å². The summed E-state index contributed by atoms with van der Waals surface area (Å²) in [6.07, 6.45) is 44.3. The molecule has 0 aliphatic heterocycles. The minimum absolute atomic E-state index is 0.0835. The number of aliphatic hydroxyl groups excluding tert-OH is 2. The van der Waals surface area contributed by atoms with E-state index in [1.165, 1.54) is 19.3 Å². The molecule has 14 nitrogen and oxygen atoms in total. The molecule has 0 aromatic heterocycles. The van der Waals surface area contributed by atoms with E-state index in [1.807, 2.05) is 12.2 Å². The van der Waals surface area contributed by atoms with Gasteiger partial charge in [-0.3, -0.25) is 23.2 Å². The molecule has 0 amide bonds. The lowest BCUT2D eigenvalue weighted by molar-refractivity contribution is -0.161. The van der Waals surface area contributed by atoms with E-state index < -0.39 is 72.3 Å². The molecule has 0 aromatic carbocycles. The minimum atomic E-state index is -4.89. The van der Waals surface area contributed by atoms with Crippen molar-refractivity contribution in [2.45, 2.75) is 154 Å². The zero-order valence-electron chi connectivity index (χ0n) is 37.0. The van der Waals surface area contributed by atoms with Crippen LogP contribution in [0.5, 0.6) is 0 Å². The maximum atomic E-state index is 12.7. The van der Waals surface area contributed by atoms with Crippen LogP contribution in [-0.4, -0.2) is 81.6 Å². The van der Waals surface area contributed by atoms with E-state index in [1.54, 1.807) is 24.3 Å². The largest absolute Gasteiger partial charge is 0.472 e. The number of allylic oxidation sites excluding steroid dienone is 14. The molecular formula is C46H76O14P2. The molecule has 0 heterocycles. The Labute approximate surface area is 371 Å². The molecule has 16 heteroatoms. The highest BCUT2D eigenvalue weighted by Gasteiger charge is 2.28. The van der Waals surface area contributed by atoms with Crippen LogP contribution in [0.15, 0.2) is 97.2 Å². The second kappa shape index (κ2) is 40.8. The molecule has 4 atom stereocenters. The third-order valence-electron chi connectivity index (χ3n) is 8.54. The van der Waals surface area contributed by atoms with Crippen LogP contribution in [0, 0.1) is 0 Å². The Hall–Kier alpha value is -3.00. The fraction of sp³-hybridized carbons (Fsp3) is 0.609. The van der Waals surface area contributed by atoms with Crippen molar-refractivity contribution in [2.75, 3.05) is 26.4 Å². The Kier molecular flexibility index (Phi) is 38.8. The van der Waals surface area contributed by atoms with Crippen LogP contribution in [0.1, 0.15) is 136 Å². The second-order valence-corrected chi connectivity index (χ2v) is 17.1. The summed E-state index contributed by atoms with van der Waals surface area (Å²) in [7, 11) is -9.75. The van der Waals surface area contributed by atoms with Crippen LogP contribution < -0.4 is 0 Å². The quantitative estimate of drug-likeness (QED) is 0.0127. The van der Waals surface area contributed by atoms with Gasteiger partial charge in [0, 0.05) is 12.8 Å². The summed E-state index contributed by atoms with van der Waals surface area (Å²) in [4.78, 5) is 52.7. The number of hydrogen-bond acceptors (Lipinski definition) is 11. The smallest absolute Gasteiger partial charge is 0.462 e. The van der Waals surface area contributed by atoms with Crippen molar-refractivity contribution in [3.05, 3.63) is 97.2 Å². The highest BCUT2D eigenvalue weighted by Crippen LogP contribution is 2.43. The maximum absolute atomic E-state index is 12.7. The van der Waals surface area contributed by atoms with Gasteiger partial charge in [0.2, 0.25) is 0 Å². The number of unbranched alkanes of at least 4 members (excludes halogenated alkanes) is 8. The predicted molar refractivity (Wildman–Crippen MR) is 245 cm³/mol. The van der Waals surface area contributed by atoms with E-state index >= 15 is 0 Å². The van der Waals surface area contributed by atoms with Crippen molar-refractivity contribution >= 4 is 27.6 Å². The first-order valence-corrected chi connectivity index (χ1v) is 25.1. The number of rotatable bonds is 40. The van der Waals surface area contributed by atoms with E-state index in [0.29, 0.717) is 12.8 Å². The molecule has 0 saturated carbocycles. The fourth-order valence-electron chi connectivity index (χ4n) is 5.19. The van der Waals surface area contributed by atoms with Gasteiger partial charge in [-0.2, -0.15) is 0 Å². The number of carbonyl (C=O) groups excluding carboxylic acids is 2. The van der Waals surface area contributed by atoms with Gasteiger partial charge >= 0.3 is 27.6 Å². The lowest BCUT2D eigenvalue weighted by Gasteiger charge is -2.20. The molecule has 354 valence electrons. The molecule has 0 fully saturated rings. The van der Waals surface area contributed by atoms with E-state index in [9.17, 15) is 33.8 Å². The summed E-state index contributed by atoms with van der Waals surface area (Å²) < 4.78 is 47.6. The van der Waals surface area contributed by atoms with Crippen molar-refractivity contribution in [3.63, 3.8) is 0 Å². The van der Waals surface area contributed by atoms with Crippen LogP contribution in [0.25, 0.3) is 0 Å². The number of ether oxygens (including phenoxy) is 2. The fourth-order valence-corrected chi connectivity index (χ4v) is 6.35. The number of phosphoric ester groups is 2. The van der Waals surface area contributed by atoms with E-state index in [4.69, 9.17) is 23.8 Å². The molecule has 0 radical (unpaired) electrons. The Morgan fingerprint density at radius 3 is 1.74 bits per heavy atom. The number of esters is 2. The highest BCUT2D eigenvalue weighted by molar-refractivity contribution is 7.47. The Morgan fingerprint density at radius 2 is 1.10 bits per heavy atom. The summed E-state index contributed by atoms with van der Waals surface area (Å²) >= 11 is 0. The molecule has 0 spiro atoms. The molecule has 0 aliphatic carbocycles. The number of aliphatic hydroxyl groups is 2. The summed E-state index contributed by atoms with van der Waals surface area (Å²) in [6, 6.07) is 0. The zero-order chi connectivity index (χ0) is 46.0. The van der Waals surface area contributed by atoms with Gasteiger partial charge in [0.05, 0.1) is 25.9 Å². The summed E-state index contributed by atoms with van der Waals surface area (Å²) in [5.41, 5.74) is 0. The van der Waals surface area contributed by atoms with Crippen LogP contribution in [-0.2, 0) is 41.8 Å².